The topological polar surface area (TPSA) is 56.7 Å². The number of rotatable bonds is 1. The zero-order valence-electron chi connectivity index (χ0n) is 12.6. The van der Waals surface area contributed by atoms with Gasteiger partial charge >= 0.3 is 0 Å². The van der Waals surface area contributed by atoms with E-state index in [1.54, 1.807) is 0 Å². The molecule has 1 heterocycles. The molecule has 0 bridgehead atoms. The number of nitrogens with zero attached hydrogens (tertiary/aromatic N) is 3. The average Bonchev–Trinajstić information content (AvgIpc) is 2.65. The van der Waals surface area contributed by atoms with E-state index in [0.29, 0.717) is 0 Å². The third-order valence-corrected chi connectivity index (χ3v) is 3.21. The third-order valence-electron chi connectivity index (χ3n) is 3.21. The summed E-state index contributed by atoms with van der Waals surface area (Å²) in [6.07, 6.45) is 0. The van der Waals surface area contributed by atoms with Crippen LogP contribution in [0.15, 0.2) is 12.1 Å². The maximum atomic E-state index is 6.19. The maximum absolute atomic E-state index is 6.19. The molecule has 4 nitrogen and oxygen atoms in total. The van der Waals surface area contributed by atoms with E-state index >= 15 is 0 Å². The Morgan fingerprint density at radius 1 is 1.16 bits per heavy atom. The fourth-order valence-corrected chi connectivity index (χ4v) is 2.10. The lowest BCUT2D eigenvalue weighted by atomic mass is 9.96. The number of nitrogens with two attached hydrogens (primary N) is 1. The highest BCUT2D eigenvalue weighted by atomic mass is 15.3. The molecule has 0 fully saturated rings. The summed E-state index contributed by atoms with van der Waals surface area (Å²) >= 11 is 0. The standard InChI is InChI=1S/C15H22N4/c1-9-7-10(2)12(16)11(8-9)13-17-14(15(3,4)5)18-19(13)6/h7-8H,16H2,1-6H3. The fraction of sp³-hybridized carbons (Fsp3) is 0.467. The molecule has 2 aromatic rings. The Labute approximate surface area is 114 Å². The van der Waals surface area contributed by atoms with Crippen LogP contribution in [0.1, 0.15) is 37.7 Å². The molecule has 0 saturated heterocycles. The number of aryl methyl sites for hydroxylation is 3. The van der Waals surface area contributed by atoms with Gasteiger partial charge in [-0.2, -0.15) is 5.10 Å². The molecule has 0 unspecified atom stereocenters. The molecule has 2 rings (SSSR count). The van der Waals surface area contributed by atoms with E-state index in [1.807, 2.05) is 18.7 Å². The first kappa shape index (κ1) is 13.6. The van der Waals surface area contributed by atoms with Crippen molar-refractivity contribution in [3.8, 4) is 11.4 Å². The van der Waals surface area contributed by atoms with Gasteiger partial charge in [0.25, 0.3) is 0 Å². The van der Waals surface area contributed by atoms with Gasteiger partial charge in [0.15, 0.2) is 11.6 Å². The minimum Gasteiger partial charge on any atom is -0.398 e. The second kappa shape index (κ2) is 4.37. The first-order valence-electron chi connectivity index (χ1n) is 6.49. The molecule has 19 heavy (non-hydrogen) atoms. The molecule has 0 amide bonds. The molecule has 0 spiro atoms. The van der Waals surface area contributed by atoms with Crippen LogP contribution in [0.4, 0.5) is 5.69 Å². The molecule has 0 atom stereocenters. The highest BCUT2D eigenvalue weighted by Gasteiger charge is 2.22. The zero-order chi connectivity index (χ0) is 14.4. The Bertz CT molecular complexity index is 618. The van der Waals surface area contributed by atoms with E-state index < -0.39 is 0 Å². The van der Waals surface area contributed by atoms with Crippen LogP contribution in [-0.4, -0.2) is 14.8 Å². The first-order valence-corrected chi connectivity index (χ1v) is 6.49. The number of nitrogen functional groups attached to an aromatic ring is 1. The normalized spacial score (nSPS) is 11.9. The summed E-state index contributed by atoms with van der Waals surface area (Å²) in [7, 11) is 1.91. The highest BCUT2D eigenvalue weighted by molar-refractivity contribution is 5.75. The molecule has 0 aliphatic rings. The molecule has 0 radical (unpaired) electrons. The van der Waals surface area contributed by atoms with E-state index in [2.05, 4.69) is 49.9 Å². The largest absolute Gasteiger partial charge is 0.398 e. The monoisotopic (exact) mass is 258 g/mol. The Morgan fingerprint density at radius 3 is 2.32 bits per heavy atom. The van der Waals surface area contributed by atoms with Gasteiger partial charge in [-0.1, -0.05) is 26.8 Å². The molecule has 4 heteroatoms. The van der Waals surface area contributed by atoms with Crippen LogP contribution in [0.2, 0.25) is 0 Å². The number of hydrogen-bond donors (Lipinski definition) is 1. The predicted octanol–water partition coefficient (Wildman–Crippen LogP) is 2.98. The number of benzene rings is 1. The minimum atomic E-state index is -0.0658. The minimum absolute atomic E-state index is 0.0658. The van der Waals surface area contributed by atoms with Gasteiger partial charge in [0.05, 0.1) is 0 Å². The fourth-order valence-electron chi connectivity index (χ4n) is 2.10. The molecule has 2 N–H and O–H groups in total. The maximum Gasteiger partial charge on any atom is 0.160 e. The zero-order valence-corrected chi connectivity index (χ0v) is 12.6. The van der Waals surface area contributed by atoms with Crippen molar-refractivity contribution in [1.82, 2.24) is 14.8 Å². The second-order valence-corrected chi connectivity index (χ2v) is 6.18. The highest BCUT2D eigenvalue weighted by Crippen LogP contribution is 2.30. The van der Waals surface area contributed by atoms with Crippen LogP contribution in [0.3, 0.4) is 0 Å². The summed E-state index contributed by atoms with van der Waals surface area (Å²) in [6, 6.07) is 4.15. The van der Waals surface area contributed by atoms with Gasteiger partial charge in [-0.25, -0.2) is 9.67 Å². The lowest BCUT2D eigenvalue weighted by Gasteiger charge is -2.12. The smallest absolute Gasteiger partial charge is 0.160 e. The Balaban J connectivity index is 2.63. The van der Waals surface area contributed by atoms with Gasteiger partial charge in [-0.3, -0.25) is 0 Å². The van der Waals surface area contributed by atoms with Crippen molar-refractivity contribution in [3.63, 3.8) is 0 Å². The van der Waals surface area contributed by atoms with Crippen molar-refractivity contribution in [2.24, 2.45) is 7.05 Å². The number of aromatic nitrogens is 3. The van der Waals surface area contributed by atoms with E-state index in [9.17, 15) is 0 Å². The van der Waals surface area contributed by atoms with Crippen molar-refractivity contribution in [3.05, 3.63) is 29.1 Å². The summed E-state index contributed by atoms with van der Waals surface area (Å²) in [5.74, 6) is 1.66. The Kier molecular flexibility index (Phi) is 3.12. The van der Waals surface area contributed by atoms with Crippen LogP contribution < -0.4 is 5.73 Å². The van der Waals surface area contributed by atoms with E-state index in [4.69, 9.17) is 5.73 Å². The van der Waals surface area contributed by atoms with Crippen molar-refractivity contribution in [2.75, 3.05) is 5.73 Å². The van der Waals surface area contributed by atoms with Crippen LogP contribution in [0.5, 0.6) is 0 Å². The van der Waals surface area contributed by atoms with Crippen LogP contribution in [0, 0.1) is 13.8 Å². The van der Waals surface area contributed by atoms with Gasteiger partial charge in [-0.05, 0) is 31.0 Å². The lowest BCUT2D eigenvalue weighted by Crippen LogP contribution is -2.13. The van der Waals surface area contributed by atoms with E-state index in [1.165, 1.54) is 5.56 Å². The van der Waals surface area contributed by atoms with Crippen LogP contribution >= 0.6 is 0 Å². The molecule has 1 aromatic carbocycles. The molecule has 102 valence electrons. The summed E-state index contributed by atoms with van der Waals surface area (Å²) in [6.45, 7) is 10.4. The number of hydrogen-bond acceptors (Lipinski definition) is 3. The number of anilines is 1. The molecular weight excluding hydrogens is 236 g/mol. The van der Waals surface area contributed by atoms with Crippen molar-refractivity contribution in [1.29, 1.82) is 0 Å². The van der Waals surface area contributed by atoms with Crippen molar-refractivity contribution in [2.45, 2.75) is 40.0 Å². The summed E-state index contributed by atoms with van der Waals surface area (Å²) < 4.78 is 1.81. The molecule has 1 aromatic heterocycles. The van der Waals surface area contributed by atoms with Gasteiger partial charge < -0.3 is 5.73 Å². The molecule has 0 aliphatic heterocycles. The lowest BCUT2D eigenvalue weighted by molar-refractivity contribution is 0.538. The molecule has 0 aliphatic carbocycles. The Morgan fingerprint density at radius 2 is 1.79 bits per heavy atom. The summed E-state index contributed by atoms with van der Waals surface area (Å²) in [4.78, 5) is 4.67. The van der Waals surface area contributed by atoms with Crippen molar-refractivity contribution >= 4 is 5.69 Å². The predicted molar refractivity (Wildman–Crippen MR) is 79.0 cm³/mol. The van der Waals surface area contributed by atoms with Gasteiger partial charge in [0, 0.05) is 23.7 Å². The average molecular weight is 258 g/mol. The molecule has 0 saturated carbocycles. The van der Waals surface area contributed by atoms with E-state index in [0.717, 1.165) is 28.5 Å². The third kappa shape index (κ3) is 2.48. The van der Waals surface area contributed by atoms with Crippen LogP contribution in [0.25, 0.3) is 11.4 Å². The second-order valence-electron chi connectivity index (χ2n) is 6.18. The Hall–Kier alpha value is -1.84. The van der Waals surface area contributed by atoms with E-state index in [-0.39, 0.29) is 5.41 Å². The molecular formula is C15H22N4. The first-order chi connectivity index (χ1) is 8.70. The van der Waals surface area contributed by atoms with Crippen LogP contribution in [-0.2, 0) is 12.5 Å². The van der Waals surface area contributed by atoms with Gasteiger partial charge in [0.2, 0.25) is 0 Å². The SMILES string of the molecule is Cc1cc(C)c(N)c(-c2nc(C(C)(C)C)nn2C)c1. The quantitative estimate of drug-likeness (QED) is 0.800. The van der Waals surface area contributed by atoms with Gasteiger partial charge in [0.1, 0.15) is 0 Å². The van der Waals surface area contributed by atoms with Crippen molar-refractivity contribution < 1.29 is 0 Å². The summed E-state index contributed by atoms with van der Waals surface area (Å²) in [5.41, 5.74) is 10.1. The summed E-state index contributed by atoms with van der Waals surface area (Å²) in [5, 5.41) is 4.51. The van der Waals surface area contributed by atoms with Gasteiger partial charge in [-0.15, -0.1) is 0 Å².